The van der Waals surface area contributed by atoms with E-state index in [1.165, 1.54) is 0 Å². The molecule has 3 aliphatic heterocycles. The second kappa shape index (κ2) is 9.32. The van der Waals surface area contributed by atoms with Crippen LogP contribution in [-0.4, -0.2) is 83.3 Å². The van der Waals surface area contributed by atoms with E-state index in [1.54, 1.807) is 31.6 Å². The monoisotopic (exact) mass is 552 g/mol. The first kappa shape index (κ1) is 29.5. The molecule has 0 aromatic rings. The maximum Gasteiger partial charge on any atom is 0.447 e. The molecule has 0 radical (unpaired) electrons. The van der Waals surface area contributed by atoms with Gasteiger partial charge in [-0.05, 0) is 24.7 Å². The molecule has 3 N–H and O–H groups in total. The van der Waals surface area contributed by atoms with E-state index in [-0.39, 0.29) is 22.8 Å². The van der Waals surface area contributed by atoms with Crippen LogP contribution in [0.4, 0.5) is 52.7 Å². The predicted molar refractivity (Wildman–Crippen MR) is 102 cm³/mol. The Morgan fingerprint density at radius 2 is 0.972 bits per heavy atom. The maximum absolute atomic E-state index is 13.8. The Hall–Kier alpha value is -1.02. The van der Waals surface area contributed by atoms with Crippen molar-refractivity contribution in [2.45, 2.75) is 94.9 Å². The van der Waals surface area contributed by atoms with Crippen molar-refractivity contribution >= 4 is 7.12 Å². The highest BCUT2D eigenvalue weighted by atomic mass is 19.4. The highest BCUT2D eigenvalue weighted by Crippen LogP contribution is 2.42. The molecule has 0 saturated carbocycles. The molecule has 5 atom stereocenters. The summed E-state index contributed by atoms with van der Waals surface area (Å²) < 4.78 is 163. The molecule has 19 heteroatoms. The minimum atomic E-state index is -5.34. The van der Waals surface area contributed by atoms with E-state index in [1.807, 2.05) is 0 Å². The van der Waals surface area contributed by atoms with Crippen LogP contribution >= 0.6 is 0 Å². The summed E-state index contributed by atoms with van der Waals surface area (Å²) in [5.41, 5.74) is 5.33. The van der Waals surface area contributed by atoms with Crippen molar-refractivity contribution in [1.29, 1.82) is 0 Å². The van der Waals surface area contributed by atoms with E-state index in [0.29, 0.717) is 0 Å². The maximum atomic E-state index is 13.8. The predicted octanol–water partition coefficient (Wildman–Crippen LogP) is 3.74. The summed E-state index contributed by atoms with van der Waals surface area (Å²) >= 11 is 0. The molecule has 0 bridgehead atoms. The van der Waals surface area contributed by atoms with Gasteiger partial charge in [0, 0.05) is 12.6 Å². The molecule has 0 amide bonds. The molecule has 3 fully saturated rings. The molecule has 3 heterocycles. The number of halogens is 12. The van der Waals surface area contributed by atoms with Crippen molar-refractivity contribution in [1.82, 2.24) is 31.0 Å². The Kier molecular flexibility index (Phi) is 7.65. The average molecular weight is 552 g/mol. The van der Waals surface area contributed by atoms with Crippen LogP contribution in [0.2, 0.25) is 0 Å². The summed E-state index contributed by atoms with van der Waals surface area (Å²) in [6.45, 7) is 4.89. The molecule has 210 valence electrons. The van der Waals surface area contributed by atoms with Crippen LogP contribution in [0, 0.1) is 5.41 Å². The summed E-state index contributed by atoms with van der Waals surface area (Å²) in [6, 6.07) is -12.0. The van der Waals surface area contributed by atoms with Gasteiger partial charge in [0.1, 0.15) is 24.2 Å². The van der Waals surface area contributed by atoms with Crippen LogP contribution in [0.25, 0.3) is 0 Å². The van der Waals surface area contributed by atoms with Gasteiger partial charge >= 0.3 is 31.8 Å². The van der Waals surface area contributed by atoms with E-state index >= 15 is 0 Å². The van der Waals surface area contributed by atoms with Crippen molar-refractivity contribution < 1.29 is 52.7 Å². The van der Waals surface area contributed by atoms with Crippen LogP contribution in [0.5, 0.6) is 0 Å². The Morgan fingerprint density at radius 3 is 1.25 bits per heavy atom. The first-order valence-electron chi connectivity index (χ1n) is 10.9. The van der Waals surface area contributed by atoms with Gasteiger partial charge < -0.3 is 0 Å². The zero-order valence-corrected chi connectivity index (χ0v) is 19.2. The van der Waals surface area contributed by atoms with Gasteiger partial charge in [-0.1, -0.05) is 20.8 Å². The molecule has 0 aliphatic carbocycles. The summed E-state index contributed by atoms with van der Waals surface area (Å²) in [5.74, 6) is 0. The van der Waals surface area contributed by atoms with Crippen molar-refractivity contribution in [3.05, 3.63) is 0 Å². The van der Waals surface area contributed by atoms with Gasteiger partial charge in [0.2, 0.25) is 0 Å². The third-order valence-electron chi connectivity index (χ3n) is 6.55. The fourth-order valence-electron chi connectivity index (χ4n) is 4.61. The minimum Gasteiger partial charge on any atom is -0.260 e. The van der Waals surface area contributed by atoms with Gasteiger partial charge in [0.05, 0.1) is 0 Å². The smallest absolute Gasteiger partial charge is 0.260 e. The Bertz CT molecular complexity index is 731. The molecule has 0 aromatic heterocycles. The van der Waals surface area contributed by atoms with E-state index in [2.05, 4.69) is 5.43 Å². The number of alkyl halides is 12. The van der Waals surface area contributed by atoms with Crippen LogP contribution < -0.4 is 16.3 Å². The van der Waals surface area contributed by atoms with Gasteiger partial charge in [-0.2, -0.15) is 52.7 Å². The summed E-state index contributed by atoms with van der Waals surface area (Å²) in [5, 5.41) is 0. The Balaban J connectivity index is 2.08. The van der Waals surface area contributed by atoms with E-state index in [4.69, 9.17) is 0 Å². The van der Waals surface area contributed by atoms with Crippen LogP contribution in [0.3, 0.4) is 0 Å². The van der Waals surface area contributed by atoms with Gasteiger partial charge in [0.15, 0.2) is 0 Å². The number of nitrogens with zero attached hydrogens (tertiary/aromatic N) is 3. The molecular weight excluding hydrogens is 527 g/mol. The highest BCUT2D eigenvalue weighted by molar-refractivity contribution is 6.49. The zero-order valence-electron chi connectivity index (χ0n) is 19.2. The lowest BCUT2D eigenvalue weighted by molar-refractivity contribution is -0.179. The molecule has 36 heavy (non-hydrogen) atoms. The first-order chi connectivity index (χ1) is 16.0. The molecular formula is C17H25BF12N6. The molecule has 5 unspecified atom stereocenters. The first-order valence-corrected chi connectivity index (χ1v) is 10.9. The fourth-order valence-corrected chi connectivity index (χ4v) is 4.61. The van der Waals surface area contributed by atoms with Crippen molar-refractivity contribution in [2.24, 2.45) is 5.41 Å². The number of hydrazine groups is 3. The fraction of sp³-hybridized carbons (Fsp3) is 1.00. The zero-order chi connectivity index (χ0) is 27.6. The van der Waals surface area contributed by atoms with Crippen molar-refractivity contribution in [2.75, 3.05) is 6.54 Å². The lowest BCUT2D eigenvalue weighted by atomic mass is 9.85. The van der Waals surface area contributed by atoms with E-state index < -0.39 is 80.3 Å². The second-order valence-corrected chi connectivity index (χ2v) is 10.2. The van der Waals surface area contributed by atoms with Crippen molar-refractivity contribution in [3.63, 3.8) is 0 Å². The van der Waals surface area contributed by atoms with E-state index in [0.717, 1.165) is 4.92 Å². The molecule has 3 saturated heterocycles. The summed E-state index contributed by atoms with van der Waals surface area (Å²) in [7, 11) is -2.35. The third kappa shape index (κ3) is 6.16. The summed E-state index contributed by atoms with van der Waals surface area (Å²) in [6.07, 6.45) is -24.1. The van der Waals surface area contributed by atoms with Gasteiger partial charge in [-0.15, -0.1) is 0 Å². The Labute approximate surface area is 198 Å². The molecule has 0 aromatic carbocycles. The number of rotatable bonds is 3. The van der Waals surface area contributed by atoms with Gasteiger partial charge in [-0.25, -0.2) is 14.8 Å². The Morgan fingerprint density at radius 1 is 0.583 bits per heavy atom. The normalized spacial score (nSPS) is 32.6. The standard InChI is InChI=1S/C17H25BF12N6/c1-13(2,3)8-4-5-34(31-8)18(35-11(16(25,26)27)6-9(32-35)14(19,20)21)36-12(17(28,29)30)7-10(33-36)15(22,23)24/h8-12,31-33H,4-7H2,1-3H3. The molecule has 0 spiro atoms. The minimum absolute atomic E-state index is 0.0688. The largest absolute Gasteiger partial charge is 0.447 e. The summed E-state index contributed by atoms with van der Waals surface area (Å²) in [4.78, 5) is 0.687. The average Bonchev–Trinajstić information content (AvgIpc) is 3.38. The lowest BCUT2D eigenvalue weighted by Crippen LogP contribution is -2.74. The number of hydrogen-bond acceptors (Lipinski definition) is 6. The third-order valence-corrected chi connectivity index (χ3v) is 6.55. The van der Waals surface area contributed by atoms with E-state index in [9.17, 15) is 52.7 Å². The number of nitrogens with one attached hydrogen (secondary N) is 3. The van der Waals surface area contributed by atoms with Crippen LogP contribution in [-0.2, 0) is 0 Å². The number of hydrogen-bond donors (Lipinski definition) is 3. The second-order valence-electron chi connectivity index (χ2n) is 10.2. The highest BCUT2D eigenvalue weighted by Gasteiger charge is 2.65. The van der Waals surface area contributed by atoms with Crippen LogP contribution in [0.15, 0.2) is 0 Å². The van der Waals surface area contributed by atoms with Crippen molar-refractivity contribution in [3.8, 4) is 0 Å². The topological polar surface area (TPSA) is 45.8 Å². The van der Waals surface area contributed by atoms with Gasteiger partial charge in [0.25, 0.3) is 0 Å². The molecule has 6 nitrogen and oxygen atoms in total. The van der Waals surface area contributed by atoms with Crippen LogP contribution in [0.1, 0.15) is 40.0 Å². The molecule has 3 aliphatic rings. The van der Waals surface area contributed by atoms with Gasteiger partial charge in [-0.3, -0.25) is 16.3 Å². The quantitative estimate of drug-likeness (QED) is 0.367. The molecule has 3 rings (SSSR count). The lowest BCUT2D eigenvalue weighted by Gasteiger charge is -2.43. The SMILES string of the molecule is CC(C)(C)C1CCN(B(N2NC(C(F)(F)F)CC2C(F)(F)F)N2NC(C(F)(F)F)CC2C(F)(F)F)N1.